The van der Waals surface area contributed by atoms with Crippen molar-refractivity contribution in [2.45, 2.75) is 33.4 Å². The van der Waals surface area contributed by atoms with Gasteiger partial charge >= 0.3 is 5.97 Å². The number of quaternary nitrogens is 1. The second kappa shape index (κ2) is 8.31. The van der Waals surface area contributed by atoms with Gasteiger partial charge in [-0.05, 0) is 18.6 Å². The standard InChI is InChI=1S/C23H26N2O2/c1-15(2)22(17-10-6-5-7-11-17)24-14-20-21(23(26)27-4)16(3)18-12-8-9-13-19(18)25-20/h5-13,15,22,24H,14H2,1-4H3/p+1/t22-/m1/s1. The van der Waals surface area contributed by atoms with E-state index in [-0.39, 0.29) is 5.97 Å². The Morgan fingerprint density at radius 1 is 1.07 bits per heavy atom. The minimum absolute atomic E-state index is 0.297. The fourth-order valence-corrected chi connectivity index (χ4v) is 3.67. The number of nitrogens with zero attached hydrogens (tertiary/aromatic N) is 1. The SMILES string of the molecule is COC(=O)c1c(C[NH2+][C@@H](c2ccccc2)C(C)C)nc2ccccc2c1C. The molecule has 0 aliphatic heterocycles. The second-order valence-corrected chi connectivity index (χ2v) is 7.19. The molecule has 0 saturated carbocycles. The summed E-state index contributed by atoms with van der Waals surface area (Å²) >= 11 is 0. The van der Waals surface area contributed by atoms with Crippen molar-refractivity contribution in [1.82, 2.24) is 4.98 Å². The number of methoxy groups -OCH3 is 1. The average molecular weight is 363 g/mol. The predicted molar refractivity (Wildman–Crippen MR) is 107 cm³/mol. The van der Waals surface area contributed by atoms with Crippen molar-refractivity contribution in [2.75, 3.05) is 7.11 Å². The number of aryl methyl sites for hydroxylation is 1. The van der Waals surface area contributed by atoms with Gasteiger partial charge in [-0.1, -0.05) is 62.4 Å². The number of carbonyl (C=O) groups is 1. The number of benzene rings is 2. The lowest BCUT2D eigenvalue weighted by atomic mass is 9.95. The highest BCUT2D eigenvalue weighted by Gasteiger charge is 2.24. The zero-order chi connectivity index (χ0) is 19.4. The van der Waals surface area contributed by atoms with Crippen molar-refractivity contribution in [2.24, 2.45) is 5.92 Å². The van der Waals surface area contributed by atoms with Crippen molar-refractivity contribution >= 4 is 16.9 Å². The van der Waals surface area contributed by atoms with E-state index in [1.165, 1.54) is 12.7 Å². The van der Waals surface area contributed by atoms with Gasteiger partial charge in [0.25, 0.3) is 0 Å². The van der Waals surface area contributed by atoms with Crippen molar-refractivity contribution in [3.63, 3.8) is 0 Å². The first-order valence-corrected chi connectivity index (χ1v) is 9.37. The van der Waals surface area contributed by atoms with Gasteiger partial charge in [-0.25, -0.2) is 9.78 Å². The van der Waals surface area contributed by atoms with Gasteiger partial charge < -0.3 is 10.1 Å². The summed E-state index contributed by atoms with van der Waals surface area (Å²) in [6, 6.07) is 18.7. The number of fused-ring (bicyclic) bond motifs is 1. The number of rotatable bonds is 6. The Morgan fingerprint density at radius 3 is 2.41 bits per heavy atom. The minimum atomic E-state index is -0.324. The molecule has 0 spiro atoms. The number of pyridine rings is 1. The zero-order valence-corrected chi connectivity index (χ0v) is 16.4. The number of ether oxygens (including phenoxy) is 1. The highest BCUT2D eigenvalue weighted by atomic mass is 16.5. The van der Waals surface area contributed by atoms with E-state index in [4.69, 9.17) is 9.72 Å². The third-order valence-electron chi connectivity index (χ3n) is 5.08. The van der Waals surface area contributed by atoms with E-state index in [0.717, 1.165) is 22.2 Å². The molecule has 2 N–H and O–H groups in total. The molecule has 0 amide bonds. The van der Waals surface area contributed by atoms with Gasteiger partial charge in [0, 0.05) is 16.9 Å². The molecule has 0 saturated heterocycles. The number of nitrogens with two attached hydrogens (primary N) is 1. The van der Waals surface area contributed by atoms with Crippen LogP contribution in [0.3, 0.4) is 0 Å². The second-order valence-electron chi connectivity index (χ2n) is 7.19. The van der Waals surface area contributed by atoms with Crippen LogP contribution in [-0.2, 0) is 11.3 Å². The van der Waals surface area contributed by atoms with Crippen LogP contribution in [0.4, 0.5) is 0 Å². The van der Waals surface area contributed by atoms with Crippen molar-refractivity contribution in [3.05, 3.63) is 77.0 Å². The van der Waals surface area contributed by atoms with E-state index in [1.807, 2.05) is 37.3 Å². The first-order chi connectivity index (χ1) is 13.0. The molecule has 1 aromatic heterocycles. The molecule has 4 heteroatoms. The molecule has 0 aliphatic rings. The summed E-state index contributed by atoms with van der Waals surface area (Å²) in [7, 11) is 1.42. The van der Waals surface area contributed by atoms with Gasteiger partial charge in [0.1, 0.15) is 18.3 Å². The number of hydrogen-bond donors (Lipinski definition) is 1. The Bertz CT molecular complexity index is 936. The Kier molecular flexibility index (Phi) is 5.87. The van der Waals surface area contributed by atoms with E-state index < -0.39 is 0 Å². The van der Waals surface area contributed by atoms with E-state index in [9.17, 15) is 4.79 Å². The van der Waals surface area contributed by atoms with Crippen LogP contribution >= 0.6 is 0 Å². The van der Waals surface area contributed by atoms with Crippen LogP contribution in [0.2, 0.25) is 0 Å². The molecule has 3 rings (SSSR count). The molecule has 0 fully saturated rings. The molecule has 0 unspecified atom stereocenters. The molecule has 140 valence electrons. The van der Waals surface area contributed by atoms with Gasteiger partial charge in [0.15, 0.2) is 0 Å². The highest BCUT2D eigenvalue weighted by molar-refractivity contribution is 5.98. The summed E-state index contributed by atoms with van der Waals surface area (Å²) in [4.78, 5) is 17.3. The molecule has 27 heavy (non-hydrogen) atoms. The summed E-state index contributed by atoms with van der Waals surface area (Å²) in [6.45, 7) is 7.02. The monoisotopic (exact) mass is 363 g/mol. The Hall–Kier alpha value is -2.72. The molecule has 2 aromatic carbocycles. The van der Waals surface area contributed by atoms with Crippen LogP contribution in [0.5, 0.6) is 0 Å². The van der Waals surface area contributed by atoms with E-state index in [0.29, 0.717) is 24.1 Å². The van der Waals surface area contributed by atoms with Gasteiger partial charge in [0.2, 0.25) is 0 Å². The number of carbonyl (C=O) groups excluding carboxylic acids is 1. The Morgan fingerprint density at radius 2 is 1.74 bits per heavy atom. The van der Waals surface area contributed by atoms with Crippen LogP contribution in [0.25, 0.3) is 10.9 Å². The maximum absolute atomic E-state index is 12.5. The fraction of sp³-hybridized carbons (Fsp3) is 0.304. The van der Waals surface area contributed by atoms with Crippen molar-refractivity contribution in [3.8, 4) is 0 Å². The third kappa shape index (κ3) is 4.01. The van der Waals surface area contributed by atoms with Crippen LogP contribution in [-0.4, -0.2) is 18.1 Å². The van der Waals surface area contributed by atoms with Gasteiger partial charge in [-0.3, -0.25) is 0 Å². The average Bonchev–Trinajstić information content (AvgIpc) is 2.68. The first-order valence-electron chi connectivity index (χ1n) is 9.37. The number of esters is 1. The fourth-order valence-electron chi connectivity index (χ4n) is 3.67. The summed E-state index contributed by atoms with van der Waals surface area (Å²) in [5.74, 6) is 0.130. The summed E-state index contributed by atoms with van der Waals surface area (Å²) in [5.41, 5.74) is 4.48. The first kappa shape index (κ1) is 19.1. The smallest absolute Gasteiger partial charge is 0.340 e. The Labute approximate surface area is 160 Å². The van der Waals surface area contributed by atoms with Gasteiger partial charge in [-0.2, -0.15) is 0 Å². The molecule has 4 nitrogen and oxygen atoms in total. The summed E-state index contributed by atoms with van der Waals surface area (Å²) < 4.78 is 5.05. The third-order valence-corrected chi connectivity index (χ3v) is 5.08. The molecule has 3 aromatic rings. The molecule has 1 heterocycles. The topological polar surface area (TPSA) is 55.8 Å². The van der Waals surface area contributed by atoms with Gasteiger partial charge in [0.05, 0.1) is 18.2 Å². The quantitative estimate of drug-likeness (QED) is 0.678. The summed E-state index contributed by atoms with van der Waals surface area (Å²) in [5, 5.41) is 3.26. The molecular weight excluding hydrogens is 336 g/mol. The van der Waals surface area contributed by atoms with Crippen LogP contribution in [0.15, 0.2) is 54.6 Å². The van der Waals surface area contributed by atoms with Crippen LogP contribution < -0.4 is 5.32 Å². The summed E-state index contributed by atoms with van der Waals surface area (Å²) in [6.07, 6.45) is 0. The van der Waals surface area contributed by atoms with E-state index in [1.54, 1.807) is 0 Å². The molecular formula is C23H27N2O2+. The van der Waals surface area contributed by atoms with Crippen molar-refractivity contribution < 1.29 is 14.8 Å². The van der Waals surface area contributed by atoms with Crippen LogP contribution in [0, 0.1) is 12.8 Å². The van der Waals surface area contributed by atoms with Crippen molar-refractivity contribution in [1.29, 1.82) is 0 Å². The minimum Gasteiger partial charge on any atom is -0.465 e. The van der Waals surface area contributed by atoms with E-state index >= 15 is 0 Å². The predicted octanol–water partition coefficient (Wildman–Crippen LogP) is 3.79. The lowest BCUT2D eigenvalue weighted by molar-refractivity contribution is -0.717. The maximum Gasteiger partial charge on any atom is 0.340 e. The zero-order valence-electron chi connectivity index (χ0n) is 16.4. The molecule has 0 aliphatic carbocycles. The largest absolute Gasteiger partial charge is 0.465 e. The molecule has 0 bridgehead atoms. The van der Waals surface area contributed by atoms with E-state index in [2.05, 4.69) is 43.4 Å². The molecule has 0 radical (unpaired) electrons. The number of aromatic nitrogens is 1. The molecule has 1 atom stereocenters. The number of para-hydroxylation sites is 1. The number of hydrogen-bond acceptors (Lipinski definition) is 3. The van der Waals surface area contributed by atoms with Crippen LogP contribution in [0.1, 0.15) is 47.1 Å². The highest BCUT2D eigenvalue weighted by Crippen LogP contribution is 2.24. The Balaban J connectivity index is 1.99. The lowest BCUT2D eigenvalue weighted by Crippen LogP contribution is -2.85. The normalized spacial score (nSPS) is 12.3. The maximum atomic E-state index is 12.5. The lowest BCUT2D eigenvalue weighted by Gasteiger charge is -2.20. The van der Waals surface area contributed by atoms with Gasteiger partial charge in [-0.15, -0.1) is 0 Å².